The van der Waals surface area contributed by atoms with Crippen LogP contribution in [0.3, 0.4) is 0 Å². The van der Waals surface area contributed by atoms with Crippen molar-refractivity contribution in [3.63, 3.8) is 0 Å². The minimum absolute atomic E-state index is 0.108. The van der Waals surface area contributed by atoms with Gasteiger partial charge in [0.25, 0.3) is 5.91 Å². The van der Waals surface area contributed by atoms with E-state index < -0.39 is 0 Å². The van der Waals surface area contributed by atoms with Crippen LogP contribution in [0.2, 0.25) is 0 Å². The van der Waals surface area contributed by atoms with E-state index in [9.17, 15) is 4.79 Å². The molecular weight excluding hydrogens is 316 g/mol. The van der Waals surface area contributed by atoms with Crippen molar-refractivity contribution >= 4 is 16.9 Å². The quantitative estimate of drug-likeness (QED) is 0.689. The molecule has 1 amide bonds. The standard InChI is InChI=1S/C19H24N4O2/c1-13(2)9-10-22(4)19(24)17-11-15(25-21-17)12-23-14(3)20-16-7-5-6-8-18(16)23/h5-8,11,13H,9-10,12H2,1-4H3. The smallest absolute Gasteiger partial charge is 0.275 e. The fourth-order valence-corrected chi connectivity index (χ4v) is 2.79. The minimum Gasteiger partial charge on any atom is -0.359 e. The number of carbonyl (C=O) groups excluding carboxylic acids is 1. The number of carbonyl (C=O) groups is 1. The van der Waals surface area contributed by atoms with Gasteiger partial charge < -0.3 is 14.0 Å². The summed E-state index contributed by atoms with van der Waals surface area (Å²) in [5.41, 5.74) is 2.34. The molecule has 3 aromatic rings. The topological polar surface area (TPSA) is 64.2 Å². The number of hydrogen-bond donors (Lipinski definition) is 0. The van der Waals surface area contributed by atoms with Gasteiger partial charge in [0.1, 0.15) is 5.82 Å². The molecule has 0 radical (unpaired) electrons. The number of nitrogens with zero attached hydrogens (tertiary/aromatic N) is 4. The predicted octanol–water partition coefficient (Wildman–Crippen LogP) is 3.50. The van der Waals surface area contributed by atoms with Crippen molar-refractivity contribution < 1.29 is 9.32 Å². The first-order valence-electron chi connectivity index (χ1n) is 8.58. The number of imidazole rings is 1. The number of hydrogen-bond acceptors (Lipinski definition) is 4. The molecule has 0 fully saturated rings. The van der Waals surface area contributed by atoms with Crippen molar-refractivity contribution in [1.82, 2.24) is 19.6 Å². The summed E-state index contributed by atoms with van der Waals surface area (Å²) < 4.78 is 7.45. The minimum atomic E-state index is -0.108. The van der Waals surface area contributed by atoms with Gasteiger partial charge in [-0.3, -0.25) is 4.79 Å². The third kappa shape index (κ3) is 3.73. The van der Waals surface area contributed by atoms with Crippen LogP contribution in [0.5, 0.6) is 0 Å². The fraction of sp³-hybridized carbons (Fsp3) is 0.421. The van der Waals surface area contributed by atoms with Gasteiger partial charge in [0, 0.05) is 19.7 Å². The first-order chi connectivity index (χ1) is 12.0. The third-order valence-corrected chi connectivity index (χ3v) is 4.33. The Kier molecular flexibility index (Phi) is 4.88. The van der Waals surface area contributed by atoms with Crippen LogP contribution in [-0.2, 0) is 6.54 Å². The van der Waals surface area contributed by atoms with E-state index in [0.29, 0.717) is 30.5 Å². The summed E-state index contributed by atoms with van der Waals surface area (Å²) in [5, 5.41) is 3.95. The van der Waals surface area contributed by atoms with Crippen LogP contribution in [0.25, 0.3) is 11.0 Å². The second-order valence-corrected chi connectivity index (χ2v) is 6.82. The lowest BCUT2D eigenvalue weighted by molar-refractivity contribution is 0.0779. The molecule has 0 N–H and O–H groups in total. The lowest BCUT2D eigenvalue weighted by Gasteiger charge is -2.16. The molecule has 1 aromatic carbocycles. The fourth-order valence-electron chi connectivity index (χ4n) is 2.79. The van der Waals surface area contributed by atoms with Crippen LogP contribution in [0.15, 0.2) is 34.9 Å². The highest BCUT2D eigenvalue weighted by molar-refractivity contribution is 5.92. The van der Waals surface area contributed by atoms with Crippen molar-refractivity contribution in [2.24, 2.45) is 5.92 Å². The van der Waals surface area contributed by atoms with Gasteiger partial charge in [-0.15, -0.1) is 0 Å². The molecule has 25 heavy (non-hydrogen) atoms. The molecule has 0 aliphatic heterocycles. The van der Waals surface area contributed by atoms with Crippen LogP contribution >= 0.6 is 0 Å². The van der Waals surface area contributed by atoms with Crippen molar-refractivity contribution in [2.45, 2.75) is 33.7 Å². The normalized spacial score (nSPS) is 11.4. The summed E-state index contributed by atoms with van der Waals surface area (Å²) in [4.78, 5) is 18.7. The molecule has 6 nitrogen and oxygen atoms in total. The van der Waals surface area contributed by atoms with Crippen LogP contribution in [0.1, 0.15) is 42.3 Å². The summed E-state index contributed by atoms with van der Waals surface area (Å²) in [6.07, 6.45) is 0.965. The van der Waals surface area contributed by atoms with E-state index in [4.69, 9.17) is 4.52 Å². The molecule has 0 spiro atoms. The molecule has 0 unspecified atom stereocenters. The number of rotatable bonds is 6. The van der Waals surface area contributed by atoms with Gasteiger partial charge in [-0.1, -0.05) is 31.1 Å². The van der Waals surface area contributed by atoms with E-state index in [0.717, 1.165) is 23.3 Å². The van der Waals surface area contributed by atoms with Crippen LogP contribution in [0.4, 0.5) is 0 Å². The predicted molar refractivity (Wildman–Crippen MR) is 96.5 cm³/mol. The maximum atomic E-state index is 12.4. The van der Waals surface area contributed by atoms with Gasteiger partial charge in [0.2, 0.25) is 0 Å². The lowest BCUT2D eigenvalue weighted by atomic mass is 10.1. The van der Waals surface area contributed by atoms with Crippen molar-refractivity contribution in [3.05, 3.63) is 47.6 Å². The Bertz CT molecular complexity index is 879. The van der Waals surface area contributed by atoms with E-state index in [2.05, 4.69) is 28.6 Å². The molecule has 0 saturated carbocycles. The van der Waals surface area contributed by atoms with Crippen LogP contribution < -0.4 is 0 Å². The number of benzene rings is 1. The molecule has 0 atom stereocenters. The highest BCUT2D eigenvalue weighted by atomic mass is 16.5. The summed E-state index contributed by atoms with van der Waals surface area (Å²) in [6.45, 7) is 7.46. The summed E-state index contributed by atoms with van der Waals surface area (Å²) in [7, 11) is 1.80. The number of fused-ring (bicyclic) bond motifs is 1. The van der Waals surface area contributed by atoms with Crippen molar-refractivity contribution in [3.8, 4) is 0 Å². The van der Waals surface area contributed by atoms with E-state index in [1.165, 1.54) is 0 Å². The molecule has 0 bridgehead atoms. The van der Waals surface area contributed by atoms with Crippen LogP contribution in [0, 0.1) is 12.8 Å². The highest BCUT2D eigenvalue weighted by Gasteiger charge is 2.18. The van der Waals surface area contributed by atoms with Crippen molar-refractivity contribution in [2.75, 3.05) is 13.6 Å². The Balaban J connectivity index is 1.75. The Morgan fingerprint density at radius 2 is 2.08 bits per heavy atom. The average Bonchev–Trinajstić information content (AvgIpc) is 3.17. The van der Waals surface area contributed by atoms with Gasteiger partial charge in [0.05, 0.1) is 17.6 Å². The lowest BCUT2D eigenvalue weighted by Crippen LogP contribution is -2.28. The second-order valence-electron chi connectivity index (χ2n) is 6.82. The molecule has 2 heterocycles. The first-order valence-corrected chi connectivity index (χ1v) is 8.58. The zero-order valence-electron chi connectivity index (χ0n) is 15.2. The largest absolute Gasteiger partial charge is 0.359 e. The highest BCUT2D eigenvalue weighted by Crippen LogP contribution is 2.18. The maximum absolute atomic E-state index is 12.4. The van der Waals surface area contributed by atoms with Gasteiger partial charge in [-0.05, 0) is 31.4 Å². The Morgan fingerprint density at radius 3 is 2.84 bits per heavy atom. The molecule has 0 saturated heterocycles. The molecule has 2 aromatic heterocycles. The molecule has 6 heteroatoms. The summed E-state index contributed by atoms with van der Waals surface area (Å²) >= 11 is 0. The van der Waals surface area contributed by atoms with Gasteiger partial charge in [-0.25, -0.2) is 4.98 Å². The number of aryl methyl sites for hydroxylation is 1. The monoisotopic (exact) mass is 340 g/mol. The van der Waals surface area contributed by atoms with E-state index in [1.54, 1.807) is 18.0 Å². The third-order valence-electron chi connectivity index (χ3n) is 4.33. The van der Waals surface area contributed by atoms with Gasteiger partial charge in [0.15, 0.2) is 11.5 Å². The van der Waals surface area contributed by atoms with E-state index in [-0.39, 0.29) is 5.91 Å². The number of amides is 1. The first kappa shape index (κ1) is 17.2. The summed E-state index contributed by atoms with van der Waals surface area (Å²) in [5.74, 6) is 2.00. The van der Waals surface area contributed by atoms with Gasteiger partial charge >= 0.3 is 0 Å². The van der Waals surface area contributed by atoms with Crippen molar-refractivity contribution in [1.29, 1.82) is 0 Å². The van der Waals surface area contributed by atoms with E-state index in [1.807, 2.05) is 31.2 Å². The second kappa shape index (κ2) is 7.09. The van der Waals surface area contributed by atoms with Gasteiger partial charge in [-0.2, -0.15) is 0 Å². The number of para-hydroxylation sites is 2. The van der Waals surface area contributed by atoms with Crippen LogP contribution in [-0.4, -0.2) is 39.1 Å². The van der Waals surface area contributed by atoms with E-state index >= 15 is 0 Å². The maximum Gasteiger partial charge on any atom is 0.275 e. The molecule has 0 aliphatic carbocycles. The Labute approximate surface area is 147 Å². The number of aromatic nitrogens is 3. The molecule has 0 aliphatic rings. The SMILES string of the molecule is Cc1nc2ccccc2n1Cc1cc(C(=O)N(C)CCC(C)C)no1. The Morgan fingerprint density at radius 1 is 1.32 bits per heavy atom. The molecule has 3 rings (SSSR count). The summed E-state index contributed by atoms with van der Waals surface area (Å²) in [6, 6.07) is 9.69. The average molecular weight is 340 g/mol. The molecular formula is C19H24N4O2. The molecule has 132 valence electrons. The zero-order valence-corrected chi connectivity index (χ0v) is 15.2. The zero-order chi connectivity index (χ0) is 18.0. The Hall–Kier alpha value is -2.63.